The maximum Gasteiger partial charge on any atom is 0.163 e. The molecule has 2 N–H and O–H groups in total. The summed E-state index contributed by atoms with van der Waals surface area (Å²) < 4.78 is 13.3. The monoisotopic (exact) mass is 291 g/mol. The fourth-order valence-electron chi connectivity index (χ4n) is 2.83. The first-order chi connectivity index (χ1) is 10.0. The van der Waals surface area contributed by atoms with E-state index in [2.05, 4.69) is 28.9 Å². The van der Waals surface area contributed by atoms with Crippen LogP contribution in [0.25, 0.3) is 11.0 Å². The molecule has 1 saturated heterocycles. The van der Waals surface area contributed by atoms with Gasteiger partial charge in [0, 0.05) is 7.05 Å². The SMILES string of the molecule is CC1CC(OCc2nc(N)c3cnn(C)c3n2)CC(C)O1. The molecule has 21 heavy (non-hydrogen) atoms. The first-order valence-corrected chi connectivity index (χ1v) is 7.24. The van der Waals surface area contributed by atoms with E-state index in [1.807, 2.05) is 7.05 Å². The van der Waals surface area contributed by atoms with E-state index in [-0.39, 0.29) is 18.3 Å². The molecule has 0 bridgehead atoms. The Hall–Kier alpha value is -1.73. The van der Waals surface area contributed by atoms with E-state index in [0.29, 0.717) is 18.2 Å². The van der Waals surface area contributed by atoms with Gasteiger partial charge in [-0.05, 0) is 26.7 Å². The molecule has 2 aromatic rings. The summed E-state index contributed by atoms with van der Waals surface area (Å²) in [5.41, 5.74) is 6.67. The Morgan fingerprint density at radius 2 is 2.05 bits per heavy atom. The molecule has 1 aliphatic rings. The third-order valence-corrected chi connectivity index (χ3v) is 3.77. The minimum Gasteiger partial charge on any atom is -0.383 e. The molecule has 2 atom stereocenters. The van der Waals surface area contributed by atoms with Crippen LogP contribution in [0.15, 0.2) is 6.20 Å². The number of nitrogen functional groups attached to an aromatic ring is 1. The van der Waals surface area contributed by atoms with Crippen molar-refractivity contribution in [1.29, 1.82) is 0 Å². The van der Waals surface area contributed by atoms with Crippen molar-refractivity contribution in [3.63, 3.8) is 0 Å². The minimum atomic E-state index is 0.177. The van der Waals surface area contributed by atoms with Crippen molar-refractivity contribution in [2.45, 2.75) is 51.6 Å². The van der Waals surface area contributed by atoms with Crippen molar-refractivity contribution in [3.05, 3.63) is 12.0 Å². The molecule has 7 heteroatoms. The number of nitrogens with zero attached hydrogens (tertiary/aromatic N) is 4. The molecule has 2 unspecified atom stereocenters. The Morgan fingerprint density at radius 3 is 2.76 bits per heavy atom. The van der Waals surface area contributed by atoms with Crippen LogP contribution in [0.5, 0.6) is 0 Å². The molecule has 0 spiro atoms. The zero-order valence-electron chi connectivity index (χ0n) is 12.6. The Bertz CT molecular complexity index is 632. The molecule has 2 aromatic heterocycles. The van der Waals surface area contributed by atoms with Gasteiger partial charge in [-0.3, -0.25) is 4.68 Å². The number of nitrogens with two attached hydrogens (primary N) is 1. The fourth-order valence-corrected chi connectivity index (χ4v) is 2.83. The van der Waals surface area contributed by atoms with Crippen LogP contribution >= 0.6 is 0 Å². The van der Waals surface area contributed by atoms with Crippen LogP contribution in [0.4, 0.5) is 5.82 Å². The fraction of sp³-hybridized carbons (Fsp3) is 0.643. The van der Waals surface area contributed by atoms with E-state index in [0.717, 1.165) is 23.9 Å². The maximum atomic E-state index is 5.94. The minimum absolute atomic E-state index is 0.177. The van der Waals surface area contributed by atoms with Gasteiger partial charge in [0.25, 0.3) is 0 Å². The van der Waals surface area contributed by atoms with Gasteiger partial charge in [0.1, 0.15) is 12.4 Å². The van der Waals surface area contributed by atoms with E-state index in [1.54, 1.807) is 10.9 Å². The van der Waals surface area contributed by atoms with Crippen LogP contribution in [-0.4, -0.2) is 38.1 Å². The van der Waals surface area contributed by atoms with Crippen molar-refractivity contribution in [3.8, 4) is 0 Å². The normalized spacial score (nSPS) is 26.3. The zero-order chi connectivity index (χ0) is 15.0. The number of hydrogen-bond donors (Lipinski definition) is 1. The third-order valence-electron chi connectivity index (χ3n) is 3.77. The van der Waals surface area contributed by atoms with Crippen molar-refractivity contribution in [1.82, 2.24) is 19.7 Å². The summed E-state index contributed by atoms with van der Waals surface area (Å²) in [6, 6.07) is 0. The summed E-state index contributed by atoms with van der Waals surface area (Å²) in [6.45, 7) is 4.50. The molecule has 3 rings (SSSR count). The Balaban J connectivity index is 1.71. The summed E-state index contributed by atoms with van der Waals surface area (Å²) in [5, 5.41) is 4.92. The van der Waals surface area contributed by atoms with Crippen LogP contribution in [0.3, 0.4) is 0 Å². The van der Waals surface area contributed by atoms with E-state index in [4.69, 9.17) is 15.2 Å². The predicted molar refractivity (Wildman–Crippen MR) is 78.5 cm³/mol. The highest BCUT2D eigenvalue weighted by Crippen LogP contribution is 2.23. The Kier molecular flexibility index (Phi) is 3.77. The highest BCUT2D eigenvalue weighted by atomic mass is 16.5. The van der Waals surface area contributed by atoms with Gasteiger partial charge in [-0.2, -0.15) is 5.10 Å². The van der Waals surface area contributed by atoms with Crippen LogP contribution in [-0.2, 0) is 23.1 Å². The number of rotatable bonds is 3. The lowest BCUT2D eigenvalue weighted by Gasteiger charge is -2.31. The van der Waals surface area contributed by atoms with Gasteiger partial charge in [0.2, 0.25) is 0 Å². The number of aryl methyl sites for hydroxylation is 1. The summed E-state index contributed by atoms with van der Waals surface area (Å²) in [7, 11) is 1.83. The smallest absolute Gasteiger partial charge is 0.163 e. The van der Waals surface area contributed by atoms with Crippen LogP contribution in [0.1, 0.15) is 32.5 Å². The summed E-state index contributed by atoms with van der Waals surface area (Å²) in [6.07, 6.45) is 4.10. The highest BCUT2D eigenvalue weighted by molar-refractivity contribution is 5.84. The highest BCUT2D eigenvalue weighted by Gasteiger charge is 2.25. The largest absolute Gasteiger partial charge is 0.383 e. The number of ether oxygens (including phenoxy) is 2. The topological polar surface area (TPSA) is 88.1 Å². The van der Waals surface area contributed by atoms with Crippen molar-refractivity contribution in [2.24, 2.45) is 7.05 Å². The average molecular weight is 291 g/mol. The van der Waals surface area contributed by atoms with Crippen LogP contribution < -0.4 is 5.73 Å². The molecule has 3 heterocycles. The average Bonchev–Trinajstić information content (AvgIpc) is 2.78. The van der Waals surface area contributed by atoms with Crippen LogP contribution in [0.2, 0.25) is 0 Å². The quantitative estimate of drug-likeness (QED) is 0.920. The second-order valence-electron chi connectivity index (χ2n) is 5.69. The van der Waals surface area contributed by atoms with Crippen molar-refractivity contribution in [2.75, 3.05) is 5.73 Å². The second-order valence-corrected chi connectivity index (χ2v) is 5.69. The molecule has 0 amide bonds. The molecule has 0 aliphatic carbocycles. The molecule has 0 aromatic carbocycles. The van der Waals surface area contributed by atoms with Gasteiger partial charge in [-0.25, -0.2) is 9.97 Å². The van der Waals surface area contributed by atoms with Gasteiger partial charge in [0.05, 0.1) is 29.9 Å². The molecule has 0 radical (unpaired) electrons. The van der Waals surface area contributed by atoms with E-state index in [9.17, 15) is 0 Å². The maximum absolute atomic E-state index is 5.94. The molecular weight excluding hydrogens is 270 g/mol. The second kappa shape index (κ2) is 5.57. The van der Waals surface area contributed by atoms with Gasteiger partial charge in [-0.15, -0.1) is 0 Å². The summed E-state index contributed by atoms with van der Waals surface area (Å²) in [5.74, 6) is 1.04. The standard InChI is InChI=1S/C14H21N5O2/c1-8-4-10(5-9(2)21-8)20-7-12-17-13(15)11-6-16-19(3)14(11)18-12/h6,8-10H,4-5,7H2,1-3H3,(H2,15,17,18). The predicted octanol–water partition coefficient (Wildman–Crippen LogP) is 1.42. The van der Waals surface area contributed by atoms with Gasteiger partial charge in [-0.1, -0.05) is 0 Å². The molecule has 0 saturated carbocycles. The van der Waals surface area contributed by atoms with Gasteiger partial charge >= 0.3 is 0 Å². The summed E-state index contributed by atoms with van der Waals surface area (Å²) in [4.78, 5) is 8.77. The van der Waals surface area contributed by atoms with E-state index >= 15 is 0 Å². The first kappa shape index (κ1) is 14.2. The van der Waals surface area contributed by atoms with Gasteiger partial charge < -0.3 is 15.2 Å². The molecule has 7 nitrogen and oxygen atoms in total. The molecule has 1 aliphatic heterocycles. The van der Waals surface area contributed by atoms with Crippen molar-refractivity contribution >= 4 is 16.9 Å². The zero-order valence-corrected chi connectivity index (χ0v) is 12.6. The molecular formula is C14H21N5O2. The number of anilines is 1. The lowest BCUT2D eigenvalue weighted by atomic mass is 10.0. The Labute approximate surface area is 123 Å². The number of aromatic nitrogens is 4. The van der Waals surface area contributed by atoms with E-state index < -0.39 is 0 Å². The number of hydrogen-bond acceptors (Lipinski definition) is 6. The molecule has 114 valence electrons. The number of fused-ring (bicyclic) bond motifs is 1. The van der Waals surface area contributed by atoms with E-state index in [1.165, 1.54) is 0 Å². The Morgan fingerprint density at radius 1 is 1.33 bits per heavy atom. The van der Waals surface area contributed by atoms with Gasteiger partial charge in [0.15, 0.2) is 11.5 Å². The summed E-state index contributed by atoms with van der Waals surface area (Å²) >= 11 is 0. The lowest BCUT2D eigenvalue weighted by Crippen LogP contribution is -2.34. The lowest BCUT2D eigenvalue weighted by molar-refractivity contribution is -0.107. The van der Waals surface area contributed by atoms with Crippen molar-refractivity contribution < 1.29 is 9.47 Å². The first-order valence-electron chi connectivity index (χ1n) is 7.24. The molecule has 1 fully saturated rings. The third kappa shape index (κ3) is 2.98. The van der Waals surface area contributed by atoms with Crippen LogP contribution in [0, 0.1) is 0 Å².